The summed E-state index contributed by atoms with van der Waals surface area (Å²) in [4.78, 5) is 9.39. The second-order valence-electron chi connectivity index (χ2n) is 6.32. The van der Waals surface area contributed by atoms with Crippen molar-refractivity contribution >= 4 is 0 Å². The van der Waals surface area contributed by atoms with Gasteiger partial charge in [0.25, 0.3) is 0 Å². The zero-order chi connectivity index (χ0) is 16.2. The molecule has 1 aromatic carbocycles. The Morgan fingerprint density at radius 1 is 1.30 bits per heavy atom. The minimum Gasteiger partial charge on any atom is -0.337 e. The van der Waals surface area contributed by atoms with Gasteiger partial charge in [-0.1, -0.05) is 12.1 Å². The number of aryl methyl sites for hydroxylation is 1. The molecule has 5 heteroatoms. The highest BCUT2D eigenvalue weighted by atomic mass is 15.3. The third-order valence-electron chi connectivity index (χ3n) is 4.58. The number of rotatable bonds is 4. The van der Waals surface area contributed by atoms with Crippen LogP contribution in [-0.4, -0.2) is 45.0 Å². The van der Waals surface area contributed by atoms with Crippen molar-refractivity contribution in [2.45, 2.75) is 26.1 Å². The van der Waals surface area contributed by atoms with E-state index >= 15 is 0 Å². The van der Waals surface area contributed by atoms with Gasteiger partial charge in [0, 0.05) is 51.7 Å². The molecule has 1 saturated heterocycles. The summed E-state index contributed by atoms with van der Waals surface area (Å²) in [5.74, 6) is 1.12. The Morgan fingerprint density at radius 2 is 2.17 bits per heavy atom. The molecule has 1 aromatic heterocycles. The van der Waals surface area contributed by atoms with Crippen LogP contribution in [0.1, 0.15) is 23.9 Å². The van der Waals surface area contributed by atoms with Crippen molar-refractivity contribution in [2.75, 3.05) is 19.6 Å². The lowest BCUT2D eigenvalue weighted by Crippen LogP contribution is -2.51. The summed E-state index contributed by atoms with van der Waals surface area (Å²) >= 11 is 0. The number of imidazole rings is 1. The fourth-order valence-corrected chi connectivity index (χ4v) is 3.18. The molecule has 0 bridgehead atoms. The normalized spacial score (nSPS) is 19.6. The minimum absolute atomic E-state index is 0.500. The zero-order valence-electron chi connectivity index (χ0n) is 13.8. The third-order valence-corrected chi connectivity index (χ3v) is 4.58. The van der Waals surface area contributed by atoms with Crippen molar-refractivity contribution in [1.29, 1.82) is 5.26 Å². The molecule has 3 rings (SSSR count). The maximum atomic E-state index is 9.01. The van der Waals surface area contributed by atoms with Crippen molar-refractivity contribution in [3.05, 3.63) is 53.6 Å². The second kappa shape index (κ2) is 6.95. The van der Waals surface area contributed by atoms with Gasteiger partial charge >= 0.3 is 0 Å². The fraction of sp³-hybridized carbons (Fsp3) is 0.444. The highest BCUT2D eigenvalue weighted by Gasteiger charge is 2.24. The highest BCUT2D eigenvalue weighted by Crippen LogP contribution is 2.16. The first-order valence-electron chi connectivity index (χ1n) is 8.07. The summed E-state index contributed by atoms with van der Waals surface area (Å²) < 4.78 is 2.09. The Kier molecular flexibility index (Phi) is 4.75. The first-order chi connectivity index (χ1) is 11.2. The van der Waals surface area contributed by atoms with E-state index in [4.69, 9.17) is 5.26 Å². The van der Waals surface area contributed by atoms with Crippen LogP contribution >= 0.6 is 0 Å². The molecule has 0 spiro atoms. The summed E-state index contributed by atoms with van der Waals surface area (Å²) in [5, 5.41) is 9.01. The Hall–Kier alpha value is -2.16. The van der Waals surface area contributed by atoms with Gasteiger partial charge in [0.15, 0.2) is 0 Å². The molecule has 2 heterocycles. The number of hydrogen-bond donors (Lipinski definition) is 0. The standard InChI is InChI=1S/C18H23N5/c1-15-12-22(13-17-5-3-4-16(10-17)11-19)8-9-23(15)14-18-20-6-7-21(18)2/h3-7,10,15H,8-9,12-14H2,1-2H3. The molecule has 1 aliphatic heterocycles. The van der Waals surface area contributed by atoms with E-state index < -0.39 is 0 Å². The molecule has 0 radical (unpaired) electrons. The van der Waals surface area contributed by atoms with Crippen molar-refractivity contribution in [1.82, 2.24) is 19.4 Å². The monoisotopic (exact) mass is 309 g/mol. The van der Waals surface area contributed by atoms with Gasteiger partial charge in [0.1, 0.15) is 5.82 Å². The topological polar surface area (TPSA) is 48.1 Å². The van der Waals surface area contributed by atoms with E-state index in [9.17, 15) is 0 Å². The van der Waals surface area contributed by atoms with Gasteiger partial charge in [0.05, 0.1) is 18.2 Å². The summed E-state index contributed by atoms with van der Waals surface area (Å²) in [7, 11) is 2.05. The van der Waals surface area contributed by atoms with Gasteiger partial charge in [-0.25, -0.2) is 4.98 Å². The van der Waals surface area contributed by atoms with Crippen molar-refractivity contribution in [3.63, 3.8) is 0 Å². The quantitative estimate of drug-likeness (QED) is 0.867. The molecule has 1 unspecified atom stereocenters. The molecule has 1 atom stereocenters. The Bertz CT molecular complexity index is 699. The van der Waals surface area contributed by atoms with E-state index in [-0.39, 0.29) is 0 Å². The summed E-state index contributed by atoms with van der Waals surface area (Å²) in [6.45, 7) is 7.23. The first kappa shape index (κ1) is 15.7. The predicted octanol–water partition coefficient (Wildman–Crippen LogP) is 2.00. The van der Waals surface area contributed by atoms with Gasteiger partial charge in [-0.3, -0.25) is 9.80 Å². The van der Waals surface area contributed by atoms with E-state index in [0.717, 1.165) is 44.1 Å². The Labute approximate surface area is 137 Å². The van der Waals surface area contributed by atoms with Crippen molar-refractivity contribution in [3.8, 4) is 6.07 Å². The van der Waals surface area contributed by atoms with E-state index in [0.29, 0.717) is 6.04 Å². The average Bonchev–Trinajstić information content (AvgIpc) is 2.95. The van der Waals surface area contributed by atoms with Gasteiger partial charge in [-0.05, 0) is 24.6 Å². The second-order valence-corrected chi connectivity index (χ2v) is 6.32. The predicted molar refractivity (Wildman–Crippen MR) is 89.5 cm³/mol. The van der Waals surface area contributed by atoms with Crippen LogP contribution < -0.4 is 0 Å². The van der Waals surface area contributed by atoms with Crippen molar-refractivity contribution < 1.29 is 0 Å². The van der Waals surface area contributed by atoms with Crippen LogP contribution in [0, 0.1) is 11.3 Å². The molecule has 5 nitrogen and oxygen atoms in total. The largest absolute Gasteiger partial charge is 0.337 e. The smallest absolute Gasteiger partial charge is 0.122 e. The summed E-state index contributed by atoms with van der Waals surface area (Å²) in [5.41, 5.74) is 1.96. The number of benzene rings is 1. The third kappa shape index (κ3) is 3.79. The average molecular weight is 309 g/mol. The highest BCUT2D eigenvalue weighted by molar-refractivity contribution is 5.32. The van der Waals surface area contributed by atoms with E-state index in [1.54, 1.807) is 0 Å². The first-order valence-corrected chi connectivity index (χ1v) is 8.07. The Balaban J connectivity index is 1.58. The number of nitriles is 1. The van der Waals surface area contributed by atoms with Gasteiger partial charge < -0.3 is 4.57 Å². The molecule has 0 aliphatic carbocycles. The van der Waals surface area contributed by atoms with Crippen LogP contribution in [-0.2, 0) is 20.1 Å². The van der Waals surface area contributed by atoms with E-state index in [1.807, 2.05) is 37.6 Å². The number of piperazine rings is 1. The van der Waals surface area contributed by atoms with Crippen LogP contribution in [0.25, 0.3) is 0 Å². The molecule has 1 fully saturated rings. The molecule has 23 heavy (non-hydrogen) atoms. The molecular formula is C18H23N5. The minimum atomic E-state index is 0.500. The summed E-state index contributed by atoms with van der Waals surface area (Å²) in [6, 6.07) is 10.6. The van der Waals surface area contributed by atoms with Crippen molar-refractivity contribution in [2.24, 2.45) is 7.05 Å². The van der Waals surface area contributed by atoms with E-state index in [2.05, 4.69) is 38.4 Å². The number of aromatic nitrogens is 2. The molecule has 0 saturated carbocycles. The Morgan fingerprint density at radius 3 is 2.87 bits per heavy atom. The van der Waals surface area contributed by atoms with Gasteiger partial charge in [0.2, 0.25) is 0 Å². The number of nitrogens with zero attached hydrogens (tertiary/aromatic N) is 5. The molecular weight excluding hydrogens is 286 g/mol. The van der Waals surface area contributed by atoms with Crippen LogP contribution in [0.5, 0.6) is 0 Å². The van der Waals surface area contributed by atoms with Gasteiger partial charge in [-0.15, -0.1) is 0 Å². The molecule has 2 aromatic rings. The van der Waals surface area contributed by atoms with Gasteiger partial charge in [-0.2, -0.15) is 5.26 Å². The van der Waals surface area contributed by atoms with Crippen LogP contribution in [0.2, 0.25) is 0 Å². The fourth-order valence-electron chi connectivity index (χ4n) is 3.18. The van der Waals surface area contributed by atoms with E-state index in [1.165, 1.54) is 5.56 Å². The maximum Gasteiger partial charge on any atom is 0.122 e. The summed E-state index contributed by atoms with van der Waals surface area (Å²) in [6.07, 6.45) is 3.86. The van der Waals surface area contributed by atoms with Crippen LogP contribution in [0.3, 0.4) is 0 Å². The SMILES string of the molecule is CC1CN(Cc2cccc(C#N)c2)CCN1Cc1nccn1C. The number of hydrogen-bond acceptors (Lipinski definition) is 4. The molecule has 1 aliphatic rings. The lowest BCUT2D eigenvalue weighted by atomic mass is 10.1. The lowest BCUT2D eigenvalue weighted by molar-refractivity contribution is 0.0707. The van der Waals surface area contributed by atoms with Crippen LogP contribution in [0.15, 0.2) is 36.7 Å². The lowest BCUT2D eigenvalue weighted by Gasteiger charge is -2.39. The molecule has 120 valence electrons. The zero-order valence-corrected chi connectivity index (χ0v) is 13.8. The maximum absolute atomic E-state index is 9.01. The molecule has 0 N–H and O–H groups in total. The van der Waals surface area contributed by atoms with Crippen LogP contribution in [0.4, 0.5) is 0 Å². The molecule has 0 amide bonds.